The summed E-state index contributed by atoms with van der Waals surface area (Å²) in [6, 6.07) is 18.3. The minimum absolute atomic E-state index is 0.00858. The normalized spacial score (nSPS) is 17.1. The molecule has 1 fully saturated rings. The number of aliphatic hydroxyl groups excluding tert-OH is 1. The first kappa shape index (κ1) is 18.4. The fraction of sp³-hybridized carbons (Fsp3) is 0.130. The van der Waals surface area contributed by atoms with Crippen LogP contribution in [0.15, 0.2) is 83.7 Å². The fourth-order valence-corrected chi connectivity index (χ4v) is 2.94. The predicted molar refractivity (Wildman–Crippen MR) is 107 cm³/mol. The molecule has 4 nitrogen and oxygen atoms in total. The highest BCUT2D eigenvalue weighted by molar-refractivity contribution is 6.25. The van der Waals surface area contributed by atoms with Crippen molar-refractivity contribution in [1.82, 2.24) is 4.90 Å². The van der Waals surface area contributed by atoms with E-state index in [-0.39, 0.29) is 23.7 Å². The number of likely N-dealkylation sites (N-methyl/N-ethyl adjacent to an activating group) is 1. The van der Waals surface area contributed by atoms with Crippen LogP contribution in [0.1, 0.15) is 12.5 Å². The van der Waals surface area contributed by atoms with E-state index in [4.69, 9.17) is 0 Å². The highest BCUT2D eigenvalue weighted by atomic mass is 16.3. The van der Waals surface area contributed by atoms with Crippen molar-refractivity contribution in [3.8, 4) is 11.1 Å². The molecule has 0 saturated carbocycles. The van der Waals surface area contributed by atoms with E-state index in [1.165, 1.54) is 18.0 Å². The second-order valence-electron chi connectivity index (χ2n) is 6.55. The second kappa shape index (κ2) is 7.87. The van der Waals surface area contributed by atoms with E-state index in [0.717, 1.165) is 22.3 Å². The molecule has 1 N–H and O–H groups in total. The van der Waals surface area contributed by atoms with Crippen molar-refractivity contribution in [3.63, 3.8) is 0 Å². The Balaban J connectivity index is 1.75. The summed E-state index contributed by atoms with van der Waals surface area (Å²) < 4.78 is 0. The first-order valence-electron chi connectivity index (χ1n) is 8.69. The monoisotopic (exact) mass is 359 g/mol. The predicted octanol–water partition coefficient (Wildman–Crippen LogP) is 4.17. The second-order valence-corrected chi connectivity index (χ2v) is 6.55. The molecule has 3 rings (SSSR count). The molecule has 0 aliphatic carbocycles. The Morgan fingerprint density at radius 1 is 0.963 bits per heavy atom. The maximum absolute atomic E-state index is 11.9. The quantitative estimate of drug-likeness (QED) is 0.386. The van der Waals surface area contributed by atoms with Crippen LogP contribution in [0.3, 0.4) is 0 Å². The standard InChI is InChI=1S/C23H21NO3/c1-16(8-13-20(25)22-21(26)15-24(2)23(22)27)14-17-9-11-19(12-10-17)18-6-4-3-5-7-18/h3-14,25H,15H2,1-2H3/b13-8+,16-14+,22-20-. The third kappa shape index (κ3) is 4.23. The third-order valence-corrected chi connectivity index (χ3v) is 4.39. The molecule has 136 valence electrons. The topological polar surface area (TPSA) is 57.6 Å². The van der Waals surface area contributed by atoms with Crippen molar-refractivity contribution in [2.75, 3.05) is 13.6 Å². The summed E-state index contributed by atoms with van der Waals surface area (Å²) in [5.41, 5.74) is 4.08. The molecule has 0 spiro atoms. The zero-order valence-electron chi connectivity index (χ0n) is 15.3. The number of benzene rings is 2. The first-order chi connectivity index (χ1) is 13.0. The van der Waals surface area contributed by atoms with Crippen molar-refractivity contribution in [3.05, 3.63) is 89.2 Å². The SMILES string of the molecule is CC(/C=C/C(O)=C1\C(=O)CN(C)C1=O)=C\c1ccc(-c2ccccc2)cc1. The number of aliphatic hydroxyl groups is 1. The molecule has 0 atom stereocenters. The molecule has 0 unspecified atom stereocenters. The molecular weight excluding hydrogens is 338 g/mol. The van der Waals surface area contributed by atoms with Gasteiger partial charge in [0.15, 0.2) is 5.78 Å². The Bertz CT molecular complexity index is 951. The van der Waals surface area contributed by atoms with Crippen molar-refractivity contribution in [2.45, 2.75) is 6.92 Å². The number of likely N-dealkylation sites (tertiary alicyclic amines) is 1. The van der Waals surface area contributed by atoms with E-state index >= 15 is 0 Å². The van der Waals surface area contributed by atoms with Gasteiger partial charge >= 0.3 is 0 Å². The van der Waals surface area contributed by atoms with Crippen LogP contribution < -0.4 is 0 Å². The molecule has 2 aromatic carbocycles. The van der Waals surface area contributed by atoms with Gasteiger partial charge in [0.05, 0.1) is 6.54 Å². The molecule has 0 bridgehead atoms. The van der Waals surface area contributed by atoms with Crippen LogP contribution in [-0.2, 0) is 9.59 Å². The van der Waals surface area contributed by atoms with E-state index < -0.39 is 5.91 Å². The van der Waals surface area contributed by atoms with Gasteiger partial charge < -0.3 is 10.0 Å². The zero-order valence-corrected chi connectivity index (χ0v) is 15.3. The lowest BCUT2D eigenvalue weighted by Crippen LogP contribution is -2.19. The summed E-state index contributed by atoms with van der Waals surface area (Å²) in [7, 11) is 1.54. The maximum Gasteiger partial charge on any atom is 0.261 e. The summed E-state index contributed by atoms with van der Waals surface area (Å²) in [5, 5.41) is 10.1. The van der Waals surface area contributed by atoms with Crippen molar-refractivity contribution in [2.24, 2.45) is 0 Å². The van der Waals surface area contributed by atoms with E-state index in [1.807, 2.05) is 43.3 Å². The molecule has 1 aliphatic heterocycles. The summed E-state index contributed by atoms with van der Waals surface area (Å²) in [4.78, 5) is 25.0. The molecule has 4 heteroatoms. The number of allylic oxidation sites excluding steroid dienone is 3. The van der Waals surface area contributed by atoms with Gasteiger partial charge in [0, 0.05) is 7.05 Å². The molecule has 0 radical (unpaired) electrons. The van der Waals surface area contributed by atoms with Gasteiger partial charge in [0.25, 0.3) is 5.91 Å². The number of Topliss-reactive ketones (excluding diaryl/α,β-unsaturated/α-hetero) is 1. The van der Waals surface area contributed by atoms with E-state index in [1.54, 1.807) is 6.08 Å². The van der Waals surface area contributed by atoms with Crippen LogP contribution in [0.4, 0.5) is 0 Å². The largest absolute Gasteiger partial charge is 0.507 e. The van der Waals surface area contributed by atoms with Crippen molar-refractivity contribution >= 4 is 17.8 Å². The molecule has 1 saturated heterocycles. The van der Waals surface area contributed by atoms with E-state index in [0.29, 0.717) is 0 Å². The molecule has 1 aliphatic rings. The summed E-state index contributed by atoms with van der Waals surface area (Å²) in [6.07, 6.45) is 5.05. The lowest BCUT2D eigenvalue weighted by Gasteiger charge is -2.03. The number of carbonyl (C=O) groups is 2. The molecular formula is C23H21NO3. The third-order valence-electron chi connectivity index (χ3n) is 4.39. The average molecular weight is 359 g/mol. The maximum atomic E-state index is 11.9. The van der Waals surface area contributed by atoms with Gasteiger partial charge in [-0.25, -0.2) is 0 Å². The number of amides is 1. The highest BCUT2D eigenvalue weighted by Gasteiger charge is 2.33. The Hall–Kier alpha value is -3.40. The number of nitrogens with zero attached hydrogens (tertiary/aromatic N) is 1. The van der Waals surface area contributed by atoms with Gasteiger partial charge in [-0.2, -0.15) is 0 Å². The fourth-order valence-electron chi connectivity index (χ4n) is 2.94. The van der Waals surface area contributed by atoms with Crippen LogP contribution >= 0.6 is 0 Å². The Labute approximate surface area is 158 Å². The summed E-state index contributed by atoms with van der Waals surface area (Å²) >= 11 is 0. The molecule has 27 heavy (non-hydrogen) atoms. The molecule has 1 amide bonds. The highest BCUT2D eigenvalue weighted by Crippen LogP contribution is 2.21. The molecule has 0 aromatic heterocycles. The number of hydrogen-bond acceptors (Lipinski definition) is 3. The number of carbonyl (C=O) groups excluding carboxylic acids is 2. The van der Waals surface area contributed by atoms with Gasteiger partial charge in [-0.15, -0.1) is 0 Å². The minimum Gasteiger partial charge on any atom is -0.507 e. The number of rotatable bonds is 4. The molecule has 1 heterocycles. The van der Waals surface area contributed by atoms with E-state index in [2.05, 4.69) is 24.3 Å². The Morgan fingerprint density at radius 2 is 1.59 bits per heavy atom. The van der Waals surface area contributed by atoms with Gasteiger partial charge in [0.2, 0.25) is 0 Å². The lowest BCUT2D eigenvalue weighted by atomic mass is 10.0. The van der Waals surface area contributed by atoms with Crippen molar-refractivity contribution in [1.29, 1.82) is 0 Å². The minimum atomic E-state index is -0.444. The smallest absolute Gasteiger partial charge is 0.261 e. The first-order valence-corrected chi connectivity index (χ1v) is 8.69. The van der Waals surface area contributed by atoms with Gasteiger partial charge in [-0.05, 0) is 29.7 Å². The van der Waals surface area contributed by atoms with Gasteiger partial charge in [-0.1, -0.05) is 72.3 Å². The van der Waals surface area contributed by atoms with Crippen LogP contribution in [0, 0.1) is 0 Å². The Morgan fingerprint density at radius 3 is 2.19 bits per heavy atom. The van der Waals surface area contributed by atoms with Gasteiger partial charge in [0.1, 0.15) is 11.3 Å². The zero-order chi connectivity index (χ0) is 19.4. The number of ketones is 1. The van der Waals surface area contributed by atoms with Crippen LogP contribution in [0.25, 0.3) is 17.2 Å². The molecule has 2 aromatic rings. The van der Waals surface area contributed by atoms with Crippen molar-refractivity contribution < 1.29 is 14.7 Å². The lowest BCUT2D eigenvalue weighted by molar-refractivity contribution is -0.123. The van der Waals surface area contributed by atoms with E-state index in [9.17, 15) is 14.7 Å². The van der Waals surface area contributed by atoms with Crippen LogP contribution in [-0.4, -0.2) is 35.3 Å². The van der Waals surface area contributed by atoms with Crippen LogP contribution in [0.2, 0.25) is 0 Å². The Kier molecular flexibility index (Phi) is 5.36. The number of hydrogen-bond donors (Lipinski definition) is 1. The average Bonchev–Trinajstić information content (AvgIpc) is 2.93. The van der Waals surface area contributed by atoms with Gasteiger partial charge in [-0.3, -0.25) is 9.59 Å². The van der Waals surface area contributed by atoms with Crippen LogP contribution in [0.5, 0.6) is 0 Å². The summed E-state index contributed by atoms with van der Waals surface area (Å²) in [6.45, 7) is 1.90. The summed E-state index contributed by atoms with van der Waals surface area (Å²) in [5.74, 6) is -1.09.